The Morgan fingerprint density at radius 2 is 2.08 bits per heavy atom. The summed E-state index contributed by atoms with van der Waals surface area (Å²) in [5.41, 5.74) is 6.71. The topological polar surface area (TPSA) is 120 Å². The van der Waals surface area contributed by atoms with E-state index in [-0.39, 0.29) is 41.3 Å². The predicted octanol–water partition coefficient (Wildman–Crippen LogP) is 2.79. The molecule has 0 saturated carbocycles. The molecule has 0 aliphatic carbocycles. The number of hydrogen-bond donors (Lipinski definition) is 2. The first kappa shape index (κ1) is 27.7. The number of anilines is 1. The SMILES string of the molecule is C=CC(=O)N1C[C@@H](n2nc(C#Cc3ccc4c(c3)nc(C(F)(F)F)n4CC)c(C(N)=O)c2NC)C[C@@H]1COC. The largest absolute Gasteiger partial charge is 0.449 e. The zero-order chi connectivity index (χ0) is 28.5. The fraction of sp³-hybridized carbons (Fsp3) is 0.385. The Morgan fingerprint density at radius 1 is 1.33 bits per heavy atom. The molecule has 0 radical (unpaired) electrons. The monoisotopic (exact) mass is 543 g/mol. The molecule has 1 saturated heterocycles. The Kier molecular flexibility index (Phi) is 7.69. The third-order valence-corrected chi connectivity index (χ3v) is 6.59. The van der Waals surface area contributed by atoms with Crippen molar-refractivity contribution in [3.05, 3.63) is 53.5 Å². The van der Waals surface area contributed by atoms with E-state index in [1.54, 1.807) is 36.7 Å². The van der Waals surface area contributed by atoms with Gasteiger partial charge in [0.2, 0.25) is 11.7 Å². The molecule has 0 unspecified atom stereocenters. The molecule has 1 aliphatic rings. The fourth-order valence-corrected chi connectivity index (χ4v) is 4.94. The van der Waals surface area contributed by atoms with E-state index in [1.165, 1.54) is 18.2 Å². The summed E-state index contributed by atoms with van der Waals surface area (Å²) in [6, 6.07) is 4.03. The fourth-order valence-electron chi connectivity index (χ4n) is 4.94. The highest BCUT2D eigenvalue weighted by molar-refractivity contribution is 6.00. The van der Waals surface area contributed by atoms with Gasteiger partial charge in [0.15, 0.2) is 5.69 Å². The van der Waals surface area contributed by atoms with E-state index in [0.29, 0.717) is 36.5 Å². The van der Waals surface area contributed by atoms with Crippen LogP contribution in [0.4, 0.5) is 19.0 Å². The van der Waals surface area contributed by atoms with Crippen LogP contribution in [0.15, 0.2) is 30.9 Å². The normalized spacial score (nSPS) is 17.2. The number of nitrogens with two attached hydrogens (primary N) is 1. The van der Waals surface area contributed by atoms with E-state index in [4.69, 9.17) is 10.5 Å². The number of rotatable bonds is 7. The number of aromatic nitrogens is 4. The quantitative estimate of drug-likeness (QED) is 0.349. The van der Waals surface area contributed by atoms with Gasteiger partial charge in [-0.25, -0.2) is 9.67 Å². The number of carbonyl (C=O) groups excluding carboxylic acids is 2. The van der Waals surface area contributed by atoms with Crippen molar-refractivity contribution in [2.75, 3.05) is 32.6 Å². The molecule has 2 atom stereocenters. The van der Waals surface area contributed by atoms with Crippen LogP contribution in [0, 0.1) is 11.8 Å². The summed E-state index contributed by atoms with van der Waals surface area (Å²) >= 11 is 0. The highest BCUT2D eigenvalue weighted by Crippen LogP contribution is 2.33. The number of hydrogen-bond acceptors (Lipinski definition) is 6. The molecule has 1 fully saturated rings. The number of benzene rings is 1. The summed E-state index contributed by atoms with van der Waals surface area (Å²) in [6.07, 6.45) is -2.86. The Labute approximate surface area is 222 Å². The maximum atomic E-state index is 13.4. The van der Waals surface area contributed by atoms with Crippen LogP contribution in [0.5, 0.6) is 0 Å². The minimum absolute atomic E-state index is 0.0671. The molecule has 0 bridgehead atoms. The summed E-state index contributed by atoms with van der Waals surface area (Å²) in [5.74, 6) is 4.06. The number of likely N-dealkylation sites (tertiary alicyclic amines) is 1. The van der Waals surface area contributed by atoms with Gasteiger partial charge in [-0.15, -0.1) is 0 Å². The molecule has 13 heteroatoms. The Balaban J connectivity index is 1.74. The maximum absolute atomic E-state index is 13.4. The zero-order valence-corrected chi connectivity index (χ0v) is 21.7. The lowest BCUT2D eigenvalue weighted by atomic mass is 10.1. The van der Waals surface area contributed by atoms with Crippen molar-refractivity contribution in [3.63, 3.8) is 0 Å². The summed E-state index contributed by atoms with van der Waals surface area (Å²) < 4.78 is 48.2. The molecular formula is C26H28F3N7O3. The highest BCUT2D eigenvalue weighted by atomic mass is 19.4. The number of imidazole rings is 1. The molecule has 2 aromatic heterocycles. The van der Waals surface area contributed by atoms with Gasteiger partial charge in [-0.05, 0) is 43.5 Å². The number of primary amides is 1. The molecule has 206 valence electrons. The average molecular weight is 544 g/mol. The van der Waals surface area contributed by atoms with Gasteiger partial charge in [-0.2, -0.15) is 18.3 Å². The van der Waals surface area contributed by atoms with Crippen LogP contribution in [0.1, 0.15) is 46.8 Å². The first-order valence-electron chi connectivity index (χ1n) is 12.1. The lowest BCUT2D eigenvalue weighted by Crippen LogP contribution is -2.37. The summed E-state index contributed by atoms with van der Waals surface area (Å²) in [5, 5.41) is 7.50. The first-order valence-corrected chi connectivity index (χ1v) is 12.1. The Morgan fingerprint density at radius 3 is 2.67 bits per heavy atom. The van der Waals surface area contributed by atoms with Crippen molar-refractivity contribution in [1.29, 1.82) is 0 Å². The first-order chi connectivity index (χ1) is 18.5. The van der Waals surface area contributed by atoms with Gasteiger partial charge in [-0.1, -0.05) is 12.5 Å². The van der Waals surface area contributed by atoms with Crippen molar-refractivity contribution in [1.82, 2.24) is 24.2 Å². The number of halogens is 3. The van der Waals surface area contributed by atoms with Crippen LogP contribution < -0.4 is 11.1 Å². The highest BCUT2D eigenvalue weighted by Gasteiger charge is 2.38. The molecule has 39 heavy (non-hydrogen) atoms. The molecular weight excluding hydrogens is 515 g/mol. The molecule has 2 amide bonds. The third kappa shape index (κ3) is 5.20. The van der Waals surface area contributed by atoms with Gasteiger partial charge in [0.1, 0.15) is 11.4 Å². The van der Waals surface area contributed by atoms with Gasteiger partial charge >= 0.3 is 6.18 Å². The van der Waals surface area contributed by atoms with Crippen molar-refractivity contribution in [2.45, 2.75) is 38.1 Å². The number of nitrogens with zero attached hydrogens (tertiary/aromatic N) is 5. The smallest absolute Gasteiger partial charge is 0.383 e. The number of amides is 2. The molecule has 3 N–H and O–H groups in total. The number of ether oxygens (including phenoxy) is 1. The van der Waals surface area contributed by atoms with E-state index in [9.17, 15) is 22.8 Å². The lowest BCUT2D eigenvalue weighted by molar-refractivity contribution is -0.146. The minimum atomic E-state index is -4.60. The Hall–Kier alpha value is -4.31. The van der Waals surface area contributed by atoms with Gasteiger partial charge in [0.25, 0.3) is 5.91 Å². The number of nitrogens with one attached hydrogen (secondary N) is 1. The van der Waals surface area contributed by atoms with E-state index in [0.717, 1.165) is 4.57 Å². The van der Waals surface area contributed by atoms with Gasteiger partial charge < -0.3 is 25.3 Å². The number of methoxy groups -OCH3 is 1. The van der Waals surface area contributed by atoms with Gasteiger partial charge in [0, 0.05) is 32.8 Å². The Bertz CT molecular complexity index is 1500. The van der Waals surface area contributed by atoms with Gasteiger partial charge in [0.05, 0.1) is 29.7 Å². The second-order valence-corrected chi connectivity index (χ2v) is 8.96. The summed E-state index contributed by atoms with van der Waals surface area (Å²) in [6.45, 7) is 5.89. The molecule has 10 nitrogen and oxygen atoms in total. The van der Waals surface area contributed by atoms with Crippen LogP contribution in [-0.4, -0.2) is 69.4 Å². The molecule has 4 rings (SSSR count). The molecule has 1 aliphatic heterocycles. The maximum Gasteiger partial charge on any atom is 0.449 e. The minimum Gasteiger partial charge on any atom is -0.383 e. The predicted molar refractivity (Wildman–Crippen MR) is 138 cm³/mol. The van der Waals surface area contributed by atoms with Crippen molar-refractivity contribution >= 4 is 28.7 Å². The lowest BCUT2D eigenvalue weighted by Gasteiger charge is -2.22. The number of carbonyl (C=O) groups is 2. The number of fused-ring (bicyclic) bond motifs is 1. The average Bonchev–Trinajstić information content (AvgIpc) is 3.59. The van der Waals surface area contributed by atoms with Crippen LogP contribution in [0.25, 0.3) is 11.0 Å². The van der Waals surface area contributed by atoms with Crippen molar-refractivity contribution in [3.8, 4) is 11.8 Å². The van der Waals surface area contributed by atoms with E-state index >= 15 is 0 Å². The van der Waals surface area contributed by atoms with Crippen LogP contribution in [-0.2, 0) is 22.3 Å². The van der Waals surface area contributed by atoms with E-state index < -0.39 is 17.9 Å². The van der Waals surface area contributed by atoms with E-state index in [1.807, 2.05) is 0 Å². The van der Waals surface area contributed by atoms with Crippen molar-refractivity contribution < 1.29 is 27.5 Å². The van der Waals surface area contributed by atoms with Crippen LogP contribution >= 0.6 is 0 Å². The van der Waals surface area contributed by atoms with Gasteiger partial charge in [-0.3, -0.25) is 9.59 Å². The second kappa shape index (κ2) is 10.8. The third-order valence-electron chi connectivity index (χ3n) is 6.59. The molecule has 0 spiro atoms. The van der Waals surface area contributed by atoms with E-state index in [2.05, 4.69) is 33.8 Å². The standard InChI is InChI=1S/C26H28F3N7O3/c1-5-21(37)35-13-16(12-17(35)14-39-4)36-24(31-3)22(23(30)38)18(33-36)9-7-15-8-10-20-19(11-15)32-25(26(27,28)29)34(20)6-2/h5,8,10-11,16-17,31H,1,6,12-14H2,2-4H3,(H2,30,38)/t16-,17+/m0/s1. The summed E-state index contributed by atoms with van der Waals surface area (Å²) in [7, 11) is 3.16. The van der Waals surface area contributed by atoms with Crippen LogP contribution in [0.3, 0.4) is 0 Å². The second-order valence-electron chi connectivity index (χ2n) is 8.96. The molecule has 3 heterocycles. The summed E-state index contributed by atoms with van der Waals surface area (Å²) in [4.78, 5) is 30.2. The number of alkyl halides is 3. The van der Waals surface area contributed by atoms with Crippen molar-refractivity contribution in [2.24, 2.45) is 5.73 Å². The molecule has 3 aromatic rings. The molecule has 1 aromatic carbocycles. The zero-order valence-electron chi connectivity index (χ0n) is 21.7. The van der Waals surface area contributed by atoms with Crippen LogP contribution in [0.2, 0.25) is 0 Å². The number of aryl methyl sites for hydroxylation is 1.